The Bertz CT molecular complexity index is 323. The standard InChI is InChI=1S/C12H17IN2/c1-9-8-15(10(2)7-14-9)12-5-3-11(13)4-6-12/h3-6,9-10,14H,7-8H2,1-2H3/t9-,10+/m0/s1. The quantitative estimate of drug-likeness (QED) is 0.801. The van der Waals surface area contributed by atoms with Gasteiger partial charge in [-0.15, -0.1) is 0 Å². The zero-order valence-electron chi connectivity index (χ0n) is 9.20. The Morgan fingerprint density at radius 2 is 1.93 bits per heavy atom. The molecule has 0 unspecified atom stereocenters. The summed E-state index contributed by atoms with van der Waals surface area (Å²) in [4.78, 5) is 2.48. The van der Waals surface area contributed by atoms with Crippen LogP contribution in [0.5, 0.6) is 0 Å². The molecule has 1 aliphatic rings. The van der Waals surface area contributed by atoms with E-state index in [0.29, 0.717) is 12.1 Å². The molecule has 0 bridgehead atoms. The lowest BCUT2D eigenvalue weighted by Crippen LogP contribution is -2.54. The molecular weight excluding hydrogens is 299 g/mol. The molecule has 82 valence electrons. The average molecular weight is 316 g/mol. The van der Waals surface area contributed by atoms with Crippen LogP contribution in [0.3, 0.4) is 0 Å². The summed E-state index contributed by atoms with van der Waals surface area (Å²) in [5.74, 6) is 0. The highest BCUT2D eigenvalue weighted by atomic mass is 127. The summed E-state index contributed by atoms with van der Waals surface area (Å²) in [5, 5.41) is 3.50. The summed E-state index contributed by atoms with van der Waals surface area (Å²) < 4.78 is 1.30. The van der Waals surface area contributed by atoms with E-state index in [4.69, 9.17) is 0 Å². The first-order valence-electron chi connectivity index (χ1n) is 5.42. The number of anilines is 1. The van der Waals surface area contributed by atoms with Gasteiger partial charge in [0.05, 0.1) is 0 Å². The summed E-state index contributed by atoms with van der Waals surface area (Å²) >= 11 is 2.35. The molecule has 3 heteroatoms. The van der Waals surface area contributed by atoms with Gasteiger partial charge in [0, 0.05) is 34.4 Å². The van der Waals surface area contributed by atoms with Crippen LogP contribution < -0.4 is 10.2 Å². The predicted molar refractivity (Wildman–Crippen MR) is 73.4 cm³/mol. The molecule has 2 atom stereocenters. The highest BCUT2D eigenvalue weighted by molar-refractivity contribution is 14.1. The fourth-order valence-electron chi connectivity index (χ4n) is 2.01. The van der Waals surface area contributed by atoms with Crippen LogP contribution in [0.1, 0.15) is 13.8 Å². The summed E-state index contributed by atoms with van der Waals surface area (Å²) in [7, 11) is 0. The number of hydrogen-bond acceptors (Lipinski definition) is 2. The first-order valence-corrected chi connectivity index (χ1v) is 6.50. The number of hydrogen-bond donors (Lipinski definition) is 1. The smallest absolute Gasteiger partial charge is 0.0387 e. The zero-order valence-corrected chi connectivity index (χ0v) is 11.4. The Labute approximate surface area is 105 Å². The van der Waals surface area contributed by atoms with Gasteiger partial charge in [0.15, 0.2) is 0 Å². The number of halogens is 1. The van der Waals surface area contributed by atoms with Gasteiger partial charge in [-0.25, -0.2) is 0 Å². The highest BCUT2D eigenvalue weighted by Gasteiger charge is 2.22. The van der Waals surface area contributed by atoms with E-state index in [-0.39, 0.29) is 0 Å². The van der Waals surface area contributed by atoms with Crippen molar-refractivity contribution in [1.82, 2.24) is 5.32 Å². The molecule has 0 aromatic heterocycles. The minimum Gasteiger partial charge on any atom is -0.366 e. The largest absolute Gasteiger partial charge is 0.366 e. The second-order valence-electron chi connectivity index (χ2n) is 4.29. The van der Waals surface area contributed by atoms with Crippen molar-refractivity contribution in [3.63, 3.8) is 0 Å². The predicted octanol–water partition coefficient (Wildman–Crippen LogP) is 2.48. The zero-order chi connectivity index (χ0) is 10.8. The van der Waals surface area contributed by atoms with Gasteiger partial charge in [-0.05, 0) is 60.7 Å². The van der Waals surface area contributed by atoms with Crippen LogP contribution in [0.25, 0.3) is 0 Å². The molecule has 1 saturated heterocycles. The average Bonchev–Trinajstić information content (AvgIpc) is 2.23. The van der Waals surface area contributed by atoms with E-state index in [1.54, 1.807) is 0 Å². The van der Waals surface area contributed by atoms with E-state index >= 15 is 0 Å². The Balaban J connectivity index is 2.17. The molecule has 0 spiro atoms. The third-order valence-electron chi connectivity index (χ3n) is 2.92. The molecule has 0 saturated carbocycles. The van der Waals surface area contributed by atoms with Crippen LogP contribution in [-0.2, 0) is 0 Å². The number of nitrogens with one attached hydrogen (secondary N) is 1. The topological polar surface area (TPSA) is 15.3 Å². The second kappa shape index (κ2) is 4.70. The van der Waals surface area contributed by atoms with Gasteiger partial charge in [-0.3, -0.25) is 0 Å². The first-order chi connectivity index (χ1) is 7.16. The summed E-state index contributed by atoms with van der Waals surface area (Å²) in [6.45, 7) is 6.69. The minimum atomic E-state index is 0.584. The molecule has 1 fully saturated rings. The lowest BCUT2D eigenvalue weighted by Gasteiger charge is -2.39. The lowest BCUT2D eigenvalue weighted by atomic mass is 10.1. The Kier molecular flexibility index (Phi) is 3.51. The van der Waals surface area contributed by atoms with E-state index < -0.39 is 0 Å². The molecule has 2 rings (SSSR count). The van der Waals surface area contributed by atoms with Crippen LogP contribution >= 0.6 is 22.6 Å². The van der Waals surface area contributed by atoms with Crippen molar-refractivity contribution in [3.8, 4) is 0 Å². The molecule has 15 heavy (non-hydrogen) atoms. The minimum absolute atomic E-state index is 0.584. The normalized spacial score (nSPS) is 26.7. The first kappa shape index (κ1) is 11.2. The molecule has 2 nitrogen and oxygen atoms in total. The maximum Gasteiger partial charge on any atom is 0.0387 e. The molecule has 1 aromatic rings. The molecule has 0 radical (unpaired) electrons. The van der Waals surface area contributed by atoms with Crippen molar-refractivity contribution in [3.05, 3.63) is 27.8 Å². The molecule has 1 aliphatic heterocycles. The third-order valence-corrected chi connectivity index (χ3v) is 3.64. The number of nitrogens with zero attached hydrogens (tertiary/aromatic N) is 1. The molecule has 0 amide bonds. The van der Waals surface area contributed by atoms with Crippen LogP contribution in [-0.4, -0.2) is 25.2 Å². The number of rotatable bonds is 1. The number of piperazine rings is 1. The van der Waals surface area contributed by atoms with Gasteiger partial charge in [0.1, 0.15) is 0 Å². The van der Waals surface area contributed by atoms with Gasteiger partial charge in [-0.2, -0.15) is 0 Å². The molecule has 1 N–H and O–H groups in total. The molecule has 1 aromatic carbocycles. The Hall–Kier alpha value is -0.290. The van der Waals surface area contributed by atoms with E-state index in [2.05, 4.69) is 70.9 Å². The van der Waals surface area contributed by atoms with Crippen molar-refractivity contribution < 1.29 is 0 Å². The third kappa shape index (κ3) is 2.64. The van der Waals surface area contributed by atoms with Crippen molar-refractivity contribution >= 4 is 28.3 Å². The fourth-order valence-corrected chi connectivity index (χ4v) is 2.37. The van der Waals surface area contributed by atoms with E-state index in [0.717, 1.165) is 13.1 Å². The van der Waals surface area contributed by atoms with Gasteiger partial charge < -0.3 is 10.2 Å². The number of benzene rings is 1. The molecular formula is C12H17IN2. The van der Waals surface area contributed by atoms with Gasteiger partial charge in [0.2, 0.25) is 0 Å². The van der Waals surface area contributed by atoms with Crippen LogP contribution in [0.4, 0.5) is 5.69 Å². The van der Waals surface area contributed by atoms with Crippen molar-refractivity contribution in [2.24, 2.45) is 0 Å². The summed E-state index contributed by atoms with van der Waals surface area (Å²) in [6, 6.07) is 9.96. The van der Waals surface area contributed by atoms with Crippen LogP contribution in [0, 0.1) is 3.57 Å². The van der Waals surface area contributed by atoms with E-state index in [9.17, 15) is 0 Å². The maximum absolute atomic E-state index is 3.50. The monoisotopic (exact) mass is 316 g/mol. The SMILES string of the molecule is C[C@@H]1CN[C@@H](C)CN1c1ccc(I)cc1. The van der Waals surface area contributed by atoms with Gasteiger partial charge >= 0.3 is 0 Å². The molecule has 0 aliphatic carbocycles. The lowest BCUT2D eigenvalue weighted by molar-refractivity contribution is 0.425. The Morgan fingerprint density at radius 1 is 1.27 bits per heavy atom. The summed E-state index contributed by atoms with van der Waals surface area (Å²) in [5.41, 5.74) is 1.34. The van der Waals surface area contributed by atoms with E-state index in [1.807, 2.05) is 0 Å². The van der Waals surface area contributed by atoms with Gasteiger partial charge in [0.25, 0.3) is 0 Å². The van der Waals surface area contributed by atoms with Crippen molar-refractivity contribution in [2.75, 3.05) is 18.0 Å². The van der Waals surface area contributed by atoms with Crippen LogP contribution in [0.2, 0.25) is 0 Å². The second-order valence-corrected chi connectivity index (χ2v) is 5.53. The molecule has 1 heterocycles. The van der Waals surface area contributed by atoms with Crippen LogP contribution in [0.15, 0.2) is 24.3 Å². The summed E-state index contributed by atoms with van der Waals surface area (Å²) in [6.07, 6.45) is 0. The van der Waals surface area contributed by atoms with Crippen molar-refractivity contribution in [1.29, 1.82) is 0 Å². The van der Waals surface area contributed by atoms with Crippen molar-refractivity contribution in [2.45, 2.75) is 25.9 Å². The maximum atomic E-state index is 3.50. The fraction of sp³-hybridized carbons (Fsp3) is 0.500. The van der Waals surface area contributed by atoms with Gasteiger partial charge in [-0.1, -0.05) is 0 Å². The highest BCUT2D eigenvalue weighted by Crippen LogP contribution is 2.20. The van der Waals surface area contributed by atoms with E-state index in [1.165, 1.54) is 9.26 Å². The Morgan fingerprint density at radius 3 is 2.60 bits per heavy atom.